The monoisotopic (exact) mass is 326 g/mol. The number of piperazine rings is 1. The minimum absolute atomic E-state index is 0.180. The first-order chi connectivity index (χ1) is 11.8. The van der Waals surface area contributed by atoms with Gasteiger partial charge in [-0.2, -0.15) is 10.2 Å². The van der Waals surface area contributed by atoms with Crippen LogP contribution in [0.4, 0.5) is 10.1 Å². The molecule has 124 valence electrons. The van der Waals surface area contributed by atoms with E-state index >= 15 is 0 Å². The van der Waals surface area contributed by atoms with E-state index in [0.717, 1.165) is 37.6 Å². The molecule has 1 aromatic carbocycles. The molecule has 0 spiro atoms. The summed E-state index contributed by atoms with van der Waals surface area (Å²) in [6.07, 6.45) is 7.56. The van der Waals surface area contributed by atoms with Crippen LogP contribution in [-0.4, -0.2) is 46.5 Å². The predicted octanol–water partition coefficient (Wildman–Crippen LogP) is 1.73. The van der Waals surface area contributed by atoms with Gasteiger partial charge in [0.05, 0.1) is 24.1 Å². The van der Waals surface area contributed by atoms with E-state index in [1.165, 1.54) is 12.1 Å². The summed E-state index contributed by atoms with van der Waals surface area (Å²) in [6, 6.07) is 8.90. The molecule has 0 aliphatic carbocycles. The third kappa shape index (κ3) is 2.95. The molecule has 2 aliphatic heterocycles. The maximum atomic E-state index is 13.2. The van der Waals surface area contributed by atoms with Crippen molar-refractivity contribution in [2.75, 3.05) is 31.2 Å². The maximum absolute atomic E-state index is 13.2. The highest BCUT2D eigenvalue weighted by molar-refractivity contribution is 5.47. The van der Waals surface area contributed by atoms with Crippen LogP contribution in [0.3, 0.4) is 0 Å². The number of benzene rings is 1. The van der Waals surface area contributed by atoms with E-state index in [2.05, 4.69) is 36.6 Å². The van der Waals surface area contributed by atoms with Crippen molar-refractivity contribution in [2.45, 2.75) is 6.04 Å². The third-order valence-electron chi connectivity index (χ3n) is 4.42. The number of rotatable bonds is 3. The molecule has 24 heavy (non-hydrogen) atoms. The Bertz CT molecular complexity index is 705. The summed E-state index contributed by atoms with van der Waals surface area (Å²) in [7, 11) is 0. The molecule has 0 radical (unpaired) electrons. The highest BCUT2D eigenvalue weighted by atomic mass is 19.1. The van der Waals surface area contributed by atoms with Crippen molar-refractivity contribution in [1.29, 1.82) is 0 Å². The fraction of sp³-hybridized carbons (Fsp3) is 0.294. The largest absolute Gasteiger partial charge is 0.326 e. The van der Waals surface area contributed by atoms with E-state index in [9.17, 15) is 4.39 Å². The summed E-state index contributed by atoms with van der Waals surface area (Å²) in [5.74, 6) is -0.202. The number of nitrogens with one attached hydrogen (secondary N) is 1. The van der Waals surface area contributed by atoms with Gasteiger partial charge in [-0.15, -0.1) is 0 Å². The molecule has 1 atom stereocenters. The molecule has 3 heterocycles. The van der Waals surface area contributed by atoms with Gasteiger partial charge in [-0.05, 0) is 23.8 Å². The Kier molecular flexibility index (Phi) is 4.10. The Morgan fingerprint density at radius 1 is 1.08 bits per heavy atom. The molecule has 1 aromatic heterocycles. The summed E-state index contributed by atoms with van der Waals surface area (Å²) in [4.78, 5) is 2.12. The van der Waals surface area contributed by atoms with Crippen molar-refractivity contribution in [3.63, 3.8) is 0 Å². The summed E-state index contributed by atoms with van der Waals surface area (Å²) in [5, 5.41) is 15.7. The quantitative estimate of drug-likeness (QED) is 0.927. The van der Waals surface area contributed by atoms with Crippen LogP contribution < -0.4 is 10.2 Å². The van der Waals surface area contributed by atoms with Crippen molar-refractivity contribution < 1.29 is 4.39 Å². The predicted molar refractivity (Wildman–Crippen MR) is 89.1 cm³/mol. The van der Waals surface area contributed by atoms with Gasteiger partial charge in [-0.3, -0.25) is 5.01 Å². The molecule has 1 N–H and O–H groups in total. The zero-order valence-corrected chi connectivity index (χ0v) is 13.2. The molecule has 2 aliphatic rings. The Labute approximate surface area is 140 Å². The second-order valence-corrected chi connectivity index (χ2v) is 5.88. The molecule has 0 bridgehead atoms. The van der Waals surface area contributed by atoms with Crippen molar-refractivity contribution in [3.05, 3.63) is 66.5 Å². The van der Waals surface area contributed by atoms with Gasteiger partial charge in [0.25, 0.3) is 0 Å². The van der Waals surface area contributed by atoms with Gasteiger partial charge in [0.1, 0.15) is 12.5 Å². The van der Waals surface area contributed by atoms with Gasteiger partial charge in [0.15, 0.2) is 0 Å². The molecule has 2 aromatic rings. The van der Waals surface area contributed by atoms with Crippen LogP contribution in [0.25, 0.3) is 0 Å². The molecule has 0 amide bonds. The van der Waals surface area contributed by atoms with Gasteiger partial charge in [0.2, 0.25) is 0 Å². The van der Waals surface area contributed by atoms with Crippen molar-refractivity contribution in [3.8, 4) is 0 Å². The normalized spacial score (nSPS) is 21.5. The SMILES string of the molecule is Fc1ccc(C2CNCCN2N2C=CN(c3ccnnc3)C2)cc1. The van der Waals surface area contributed by atoms with Crippen LogP contribution >= 0.6 is 0 Å². The first-order valence-corrected chi connectivity index (χ1v) is 8.02. The van der Waals surface area contributed by atoms with Crippen LogP contribution in [-0.2, 0) is 0 Å². The van der Waals surface area contributed by atoms with E-state index < -0.39 is 0 Å². The molecule has 1 fully saturated rings. The van der Waals surface area contributed by atoms with Gasteiger partial charge in [0, 0.05) is 32.0 Å². The molecular formula is C17H19FN6. The lowest BCUT2D eigenvalue weighted by Gasteiger charge is -2.42. The maximum Gasteiger partial charge on any atom is 0.123 e. The number of halogens is 1. The van der Waals surface area contributed by atoms with Gasteiger partial charge < -0.3 is 10.2 Å². The van der Waals surface area contributed by atoms with Crippen LogP contribution in [0.15, 0.2) is 55.1 Å². The van der Waals surface area contributed by atoms with E-state index in [0.29, 0.717) is 0 Å². The minimum atomic E-state index is -0.202. The lowest BCUT2D eigenvalue weighted by molar-refractivity contribution is -0.0284. The van der Waals surface area contributed by atoms with Crippen LogP contribution in [0, 0.1) is 5.82 Å². The molecular weight excluding hydrogens is 307 g/mol. The molecule has 0 saturated carbocycles. The average Bonchev–Trinajstić information content (AvgIpc) is 3.13. The van der Waals surface area contributed by atoms with Crippen molar-refractivity contribution in [1.82, 2.24) is 25.5 Å². The summed E-state index contributed by atoms with van der Waals surface area (Å²) < 4.78 is 13.2. The van der Waals surface area contributed by atoms with E-state index in [4.69, 9.17) is 0 Å². The lowest BCUT2D eigenvalue weighted by atomic mass is 10.0. The van der Waals surface area contributed by atoms with Gasteiger partial charge >= 0.3 is 0 Å². The second kappa shape index (κ2) is 6.54. The first kappa shape index (κ1) is 15.0. The van der Waals surface area contributed by atoms with E-state index in [-0.39, 0.29) is 11.9 Å². The Morgan fingerprint density at radius 2 is 1.96 bits per heavy atom. The number of hydrogen-bond donors (Lipinski definition) is 1. The Morgan fingerprint density at radius 3 is 2.75 bits per heavy atom. The van der Waals surface area contributed by atoms with Crippen LogP contribution in [0.2, 0.25) is 0 Å². The van der Waals surface area contributed by atoms with Crippen LogP contribution in [0.5, 0.6) is 0 Å². The molecule has 1 saturated heterocycles. The van der Waals surface area contributed by atoms with E-state index in [1.807, 2.05) is 24.4 Å². The molecule has 7 heteroatoms. The number of anilines is 1. The zero-order chi connectivity index (χ0) is 16.4. The van der Waals surface area contributed by atoms with Crippen molar-refractivity contribution >= 4 is 5.69 Å². The Balaban J connectivity index is 1.52. The number of aromatic nitrogens is 2. The fourth-order valence-electron chi connectivity index (χ4n) is 3.17. The smallest absolute Gasteiger partial charge is 0.123 e. The highest BCUT2D eigenvalue weighted by Gasteiger charge is 2.30. The Hall–Kier alpha value is -2.51. The number of nitrogens with zero attached hydrogens (tertiary/aromatic N) is 5. The topological polar surface area (TPSA) is 47.5 Å². The fourth-order valence-corrected chi connectivity index (χ4v) is 3.17. The van der Waals surface area contributed by atoms with Crippen molar-refractivity contribution in [2.24, 2.45) is 0 Å². The third-order valence-corrected chi connectivity index (χ3v) is 4.42. The summed E-state index contributed by atoms with van der Waals surface area (Å²) in [6.45, 7) is 3.39. The number of hydrazine groups is 1. The molecule has 1 unspecified atom stereocenters. The highest BCUT2D eigenvalue weighted by Crippen LogP contribution is 2.27. The van der Waals surface area contributed by atoms with Gasteiger partial charge in [-0.25, -0.2) is 9.40 Å². The number of hydrogen-bond acceptors (Lipinski definition) is 6. The van der Waals surface area contributed by atoms with Gasteiger partial charge in [-0.1, -0.05) is 12.1 Å². The zero-order valence-electron chi connectivity index (χ0n) is 13.2. The summed E-state index contributed by atoms with van der Waals surface area (Å²) >= 11 is 0. The second-order valence-electron chi connectivity index (χ2n) is 5.88. The lowest BCUT2D eigenvalue weighted by Crippen LogP contribution is -2.52. The molecule has 6 nitrogen and oxygen atoms in total. The van der Waals surface area contributed by atoms with Crippen LogP contribution in [0.1, 0.15) is 11.6 Å². The standard InChI is InChI=1S/C17H19FN6/c18-15-3-1-14(2-4-15)17-12-19-7-8-24(17)23-10-9-22(13-23)16-5-6-20-21-11-16/h1-6,9-11,17,19H,7-8,12-13H2. The molecule has 4 rings (SSSR count). The first-order valence-electron chi connectivity index (χ1n) is 8.02. The van der Waals surface area contributed by atoms with E-state index in [1.54, 1.807) is 12.4 Å². The summed E-state index contributed by atoms with van der Waals surface area (Å²) in [5.41, 5.74) is 2.12. The average molecular weight is 326 g/mol. The minimum Gasteiger partial charge on any atom is -0.326 e.